The summed E-state index contributed by atoms with van der Waals surface area (Å²) in [6.45, 7) is 3.48. The number of hydrogen-bond donors (Lipinski definition) is 0. The molecule has 0 unspecified atom stereocenters. The van der Waals surface area contributed by atoms with Gasteiger partial charge in [-0.05, 0) is 37.3 Å². The third-order valence-corrected chi connectivity index (χ3v) is 3.56. The Morgan fingerprint density at radius 1 is 0.960 bits per heavy atom. The standard InChI is InChI=1S/C19H21NO5/c1-5-25-19(22)14-7-6-8-15(11-14)20(13(2)21)16-9-10-17(23-3)18(12-16)24-4/h6-12H,5H2,1-4H3. The third kappa shape index (κ3) is 4.09. The maximum absolute atomic E-state index is 12.2. The summed E-state index contributed by atoms with van der Waals surface area (Å²) in [6.07, 6.45) is 0. The average molecular weight is 343 g/mol. The highest BCUT2D eigenvalue weighted by Gasteiger charge is 2.18. The van der Waals surface area contributed by atoms with Gasteiger partial charge in [-0.1, -0.05) is 6.07 Å². The van der Waals surface area contributed by atoms with E-state index in [-0.39, 0.29) is 12.5 Å². The number of ether oxygens (including phenoxy) is 3. The first kappa shape index (κ1) is 18.3. The van der Waals surface area contributed by atoms with Crippen molar-refractivity contribution in [3.63, 3.8) is 0 Å². The fourth-order valence-electron chi connectivity index (χ4n) is 2.46. The highest BCUT2D eigenvalue weighted by Crippen LogP contribution is 2.34. The minimum atomic E-state index is -0.430. The number of anilines is 2. The van der Waals surface area contributed by atoms with Gasteiger partial charge in [0.15, 0.2) is 11.5 Å². The van der Waals surface area contributed by atoms with Gasteiger partial charge in [-0.3, -0.25) is 9.69 Å². The van der Waals surface area contributed by atoms with Crippen molar-refractivity contribution in [2.75, 3.05) is 25.7 Å². The molecule has 0 saturated heterocycles. The van der Waals surface area contributed by atoms with Crippen molar-refractivity contribution < 1.29 is 23.8 Å². The van der Waals surface area contributed by atoms with E-state index >= 15 is 0 Å². The number of carbonyl (C=O) groups is 2. The molecule has 6 nitrogen and oxygen atoms in total. The van der Waals surface area contributed by atoms with Gasteiger partial charge in [0.25, 0.3) is 0 Å². The maximum Gasteiger partial charge on any atom is 0.338 e. The number of nitrogens with zero attached hydrogens (tertiary/aromatic N) is 1. The molecule has 2 rings (SSSR count). The molecule has 1 amide bonds. The molecule has 0 spiro atoms. The maximum atomic E-state index is 12.2. The van der Waals surface area contributed by atoms with Crippen molar-refractivity contribution in [3.05, 3.63) is 48.0 Å². The number of carbonyl (C=O) groups excluding carboxylic acids is 2. The summed E-state index contributed by atoms with van der Waals surface area (Å²) in [6, 6.07) is 11.9. The molecule has 0 N–H and O–H groups in total. The van der Waals surface area contributed by atoms with E-state index in [1.165, 1.54) is 18.9 Å². The van der Waals surface area contributed by atoms with Crippen LogP contribution in [0.5, 0.6) is 11.5 Å². The van der Waals surface area contributed by atoms with E-state index in [4.69, 9.17) is 14.2 Å². The first-order chi connectivity index (χ1) is 12.0. The molecule has 0 aliphatic rings. The summed E-state index contributed by atoms with van der Waals surface area (Å²) < 4.78 is 15.5. The summed E-state index contributed by atoms with van der Waals surface area (Å²) in [5.74, 6) is 0.441. The summed E-state index contributed by atoms with van der Waals surface area (Å²) in [5.41, 5.74) is 1.54. The Labute approximate surface area is 146 Å². The fourth-order valence-corrected chi connectivity index (χ4v) is 2.46. The van der Waals surface area contributed by atoms with Crippen LogP contribution in [0.2, 0.25) is 0 Å². The number of benzene rings is 2. The van der Waals surface area contributed by atoms with Gasteiger partial charge in [0.05, 0.1) is 32.1 Å². The predicted molar refractivity (Wildman–Crippen MR) is 94.8 cm³/mol. The van der Waals surface area contributed by atoms with E-state index in [0.29, 0.717) is 28.4 Å². The lowest BCUT2D eigenvalue weighted by Crippen LogP contribution is -2.23. The summed E-state index contributed by atoms with van der Waals surface area (Å²) in [4.78, 5) is 25.7. The largest absolute Gasteiger partial charge is 0.493 e. The quantitative estimate of drug-likeness (QED) is 0.750. The minimum absolute atomic E-state index is 0.201. The number of amides is 1. The summed E-state index contributed by atoms with van der Waals surface area (Å²) in [7, 11) is 3.07. The minimum Gasteiger partial charge on any atom is -0.493 e. The summed E-state index contributed by atoms with van der Waals surface area (Å²) in [5, 5.41) is 0. The van der Waals surface area contributed by atoms with Gasteiger partial charge in [-0.15, -0.1) is 0 Å². The van der Waals surface area contributed by atoms with Gasteiger partial charge in [-0.2, -0.15) is 0 Å². The zero-order valence-corrected chi connectivity index (χ0v) is 14.7. The molecule has 0 saturated carbocycles. The highest BCUT2D eigenvalue weighted by molar-refractivity contribution is 6.00. The van der Waals surface area contributed by atoms with Crippen LogP contribution in [0, 0.1) is 0 Å². The Balaban J connectivity index is 2.47. The van der Waals surface area contributed by atoms with Gasteiger partial charge >= 0.3 is 5.97 Å². The smallest absolute Gasteiger partial charge is 0.338 e. The van der Waals surface area contributed by atoms with Crippen LogP contribution in [-0.2, 0) is 9.53 Å². The van der Waals surface area contributed by atoms with Gasteiger partial charge in [0.1, 0.15) is 0 Å². The molecule has 0 fully saturated rings. The van der Waals surface area contributed by atoms with Crippen molar-refractivity contribution in [3.8, 4) is 11.5 Å². The molecule has 0 radical (unpaired) electrons. The predicted octanol–water partition coefficient (Wildman–Crippen LogP) is 3.57. The van der Waals surface area contributed by atoms with Gasteiger partial charge in [-0.25, -0.2) is 4.79 Å². The van der Waals surface area contributed by atoms with Crippen molar-refractivity contribution in [1.82, 2.24) is 0 Å². The van der Waals surface area contributed by atoms with Crippen LogP contribution in [0.15, 0.2) is 42.5 Å². The molecular formula is C19H21NO5. The van der Waals surface area contributed by atoms with Crippen LogP contribution in [-0.4, -0.2) is 32.7 Å². The monoisotopic (exact) mass is 343 g/mol. The zero-order chi connectivity index (χ0) is 18.4. The van der Waals surface area contributed by atoms with E-state index in [2.05, 4.69) is 0 Å². The molecule has 2 aromatic rings. The highest BCUT2D eigenvalue weighted by atomic mass is 16.5. The van der Waals surface area contributed by atoms with Crippen LogP contribution >= 0.6 is 0 Å². The van der Waals surface area contributed by atoms with Crippen LogP contribution in [0.4, 0.5) is 11.4 Å². The van der Waals surface area contributed by atoms with E-state index in [1.54, 1.807) is 56.5 Å². The number of esters is 1. The number of rotatable bonds is 6. The van der Waals surface area contributed by atoms with Crippen molar-refractivity contribution in [2.24, 2.45) is 0 Å². The Morgan fingerprint density at radius 3 is 2.24 bits per heavy atom. The second-order valence-corrected chi connectivity index (χ2v) is 5.16. The number of hydrogen-bond acceptors (Lipinski definition) is 5. The zero-order valence-electron chi connectivity index (χ0n) is 14.7. The molecule has 2 aromatic carbocycles. The second kappa shape index (κ2) is 8.19. The molecule has 0 aromatic heterocycles. The lowest BCUT2D eigenvalue weighted by Gasteiger charge is -2.23. The van der Waals surface area contributed by atoms with Crippen molar-refractivity contribution in [1.29, 1.82) is 0 Å². The van der Waals surface area contributed by atoms with Crippen molar-refractivity contribution in [2.45, 2.75) is 13.8 Å². The lowest BCUT2D eigenvalue weighted by atomic mass is 10.1. The Morgan fingerprint density at radius 2 is 1.64 bits per heavy atom. The third-order valence-electron chi connectivity index (χ3n) is 3.56. The molecule has 0 bridgehead atoms. The Bertz CT molecular complexity index is 772. The van der Waals surface area contributed by atoms with Gasteiger partial charge in [0.2, 0.25) is 5.91 Å². The molecule has 25 heavy (non-hydrogen) atoms. The Hall–Kier alpha value is -3.02. The molecule has 0 aliphatic carbocycles. The van der Waals surface area contributed by atoms with Crippen molar-refractivity contribution >= 4 is 23.3 Å². The molecule has 0 aliphatic heterocycles. The molecule has 0 atom stereocenters. The summed E-state index contributed by atoms with van der Waals surface area (Å²) >= 11 is 0. The molecule has 0 heterocycles. The lowest BCUT2D eigenvalue weighted by molar-refractivity contribution is -0.115. The first-order valence-electron chi connectivity index (χ1n) is 7.81. The average Bonchev–Trinajstić information content (AvgIpc) is 2.62. The first-order valence-corrected chi connectivity index (χ1v) is 7.81. The van der Waals surface area contributed by atoms with E-state index < -0.39 is 5.97 Å². The topological polar surface area (TPSA) is 65.1 Å². The molecule has 6 heteroatoms. The van der Waals surface area contributed by atoms with Crippen LogP contribution < -0.4 is 14.4 Å². The normalized spacial score (nSPS) is 10.1. The molecular weight excluding hydrogens is 322 g/mol. The Kier molecular flexibility index (Phi) is 6.00. The van der Waals surface area contributed by atoms with Gasteiger partial charge in [0, 0.05) is 18.7 Å². The molecule has 132 valence electrons. The number of methoxy groups -OCH3 is 2. The van der Waals surface area contributed by atoms with Crippen LogP contribution in [0.25, 0.3) is 0 Å². The van der Waals surface area contributed by atoms with E-state index in [0.717, 1.165) is 0 Å². The van der Waals surface area contributed by atoms with E-state index in [9.17, 15) is 9.59 Å². The van der Waals surface area contributed by atoms with Crippen LogP contribution in [0.1, 0.15) is 24.2 Å². The van der Waals surface area contributed by atoms with Crippen LogP contribution in [0.3, 0.4) is 0 Å². The second-order valence-electron chi connectivity index (χ2n) is 5.16. The van der Waals surface area contributed by atoms with E-state index in [1.807, 2.05) is 0 Å². The SMILES string of the molecule is CCOC(=O)c1cccc(N(C(C)=O)c2ccc(OC)c(OC)c2)c1. The fraction of sp³-hybridized carbons (Fsp3) is 0.263. The van der Waals surface area contributed by atoms with Gasteiger partial charge < -0.3 is 14.2 Å².